The molecule has 0 bridgehead atoms. The molecule has 2 aromatic carbocycles. The number of rotatable bonds is 3. The largest absolute Gasteiger partial charge is 0.508 e. The number of hydrogen-bond acceptors (Lipinski definition) is 4. The molecule has 0 aromatic heterocycles. The van der Waals surface area contributed by atoms with Crippen molar-refractivity contribution in [2.45, 2.75) is 33.6 Å². The molecule has 0 aliphatic rings. The molecule has 4 nitrogen and oxygen atoms in total. The zero-order chi connectivity index (χ0) is 16.6. The Bertz CT molecular complexity index is 647. The van der Waals surface area contributed by atoms with Crippen LogP contribution in [0, 0.1) is 19.8 Å². The van der Waals surface area contributed by atoms with Crippen molar-refractivity contribution >= 4 is 0 Å². The van der Waals surface area contributed by atoms with Gasteiger partial charge in [-0.05, 0) is 43.0 Å². The molecular weight excluding hydrogens is 280 g/mol. The summed E-state index contributed by atoms with van der Waals surface area (Å²) in [6.45, 7) is 7.51. The predicted octanol–water partition coefficient (Wildman–Crippen LogP) is 3.91. The molecule has 4 N–H and O–H groups in total. The summed E-state index contributed by atoms with van der Waals surface area (Å²) in [5.41, 5.74) is 2.61. The van der Waals surface area contributed by atoms with Gasteiger partial charge < -0.3 is 20.4 Å². The van der Waals surface area contributed by atoms with E-state index < -0.39 is 0 Å². The summed E-state index contributed by atoms with van der Waals surface area (Å²) < 4.78 is 0. The fraction of sp³-hybridized carbons (Fsp3) is 0.333. The number of hydrogen-bond donors (Lipinski definition) is 4. The lowest BCUT2D eigenvalue weighted by Crippen LogP contribution is -2.10. The maximum Gasteiger partial charge on any atom is 0.123 e. The van der Waals surface area contributed by atoms with Gasteiger partial charge in [-0.2, -0.15) is 0 Å². The van der Waals surface area contributed by atoms with Gasteiger partial charge in [0.25, 0.3) is 0 Å². The Morgan fingerprint density at radius 2 is 1.00 bits per heavy atom. The lowest BCUT2D eigenvalue weighted by molar-refractivity contribution is 0.421. The second kappa shape index (κ2) is 5.79. The highest BCUT2D eigenvalue weighted by atomic mass is 16.3. The Kier molecular flexibility index (Phi) is 4.22. The quantitative estimate of drug-likeness (QED) is 0.693. The van der Waals surface area contributed by atoms with Crippen LogP contribution in [0.1, 0.15) is 42.0 Å². The van der Waals surface area contributed by atoms with Crippen LogP contribution in [0.5, 0.6) is 23.0 Å². The van der Waals surface area contributed by atoms with E-state index in [4.69, 9.17) is 0 Å². The van der Waals surface area contributed by atoms with Gasteiger partial charge >= 0.3 is 0 Å². The van der Waals surface area contributed by atoms with Gasteiger partial charge in [-0.25, -0.2) is 0 Å². The smallest absolute Gasteiger partial charge is 0.123 e. The minimum absolute atomic E-state index is 0.00747. The van der Waals surface area contributed by atoms with Crippen molar-refractivity contribution in [1.29, 1.82) is 0 Å². The van der Waals surface area contributed by atoms with E-state index in [1.165, 1.54) is 12.1 Å². The van der Waals surface area contributed by atoms with Gasteiger partial charge in [0.15, 0.2) is 0 Å². The highest BCUT2D eigenvalue weighted by molar-refractivity contribution is 5.54. The van der Waals surface area contributed by atoms with Gasteiger partial charge in [0.2, 0.25) is 0 Å². The van der Waals surface area contributed by atoms with Gasteiger partial charge in [-0.15, -0.1) is 0 Å². The summed E-state index contributed by atoms with van der Waals surface area (Å²) >= 11 is 0. The van der Waals surface area contributed by atoms with Crippen LogP contribution in [-0.2, 0) is 0 Å². The molecule has 4 heteroatoms. The molecule has 118 valence electrons. The molecule has 0 radical (unpaired) electrons. The summed E-state index contributed by atoms with van der Waals surface area (Å²) in [5.74, 6) is -0.0909. The van der Waals surface area contributed by atoms with Crippen molar-refractivity contribution in [3.63, 3.8) is 0 Å². The molecule has 0 saturated heterocycles. The molecule has 0 amide bonds. The maximum absolute atomic E-state index is 10.2. The van der Waals surface area contributed by atoms with Crippen LogP contribution in [-0.4, -0.2) is 20.4 Å². The zero-order valence-corrected chi connectivity index (χ0v) is 13.3. The second-order valence-electron chi connectivity index (χ2n) is 6.12. The summed E-state index contributed by atoms with van der Waals surface area (Å²) in [6.07, 6.45) is 0. The second-order valence-corrected chi connectivity index (χ2v) is 6.12. The highest BCUT2D eigenvalue weighted by Gasteiger charge is 2.25. The Morgan fingerprint density at radius 1 is 0.636 bits per heavy atom. The fourth-order valence-corrected chi connectivity index (χ4v) is 2.80. The lowest BCUT2D eigenvalue weighted by atomic mass is 9.80. The zero-order valence-electron chi connectivity index (χ0n) is 13.3. The van der Waals surface area contributed by atoms with Crippen LogP contribution in [0.3, 0.4) is 0 Å². The minimum atomic E-state index is -0.251. The van der Waals surface area contributed by atoms with Crippen molar-refractivity contribution in [2.75, 3.05) is 0 Å². The Balaban J connectivity index is 2.67. The van der Waals surface area contributed by atoms with Crippen molar-refractivity contribution in [1.82, 2.24) is 0 Å². The molecule has 0 saturated carbocycles. The lowest BCUT2D eigenvalue weighted by Gasteiger charge is -2.25. The van der Waals surface area contributed by atoms with Crippen LogP contribution < -0.4 is 0 Å². The van der Waals surface area contributed by atoms with E-state index in [1.54, 1.807) is 26.0 Å². The molecule has 0 fully saturated rings. The summed E-state index contributed by atoms with van der Waals surface area (Å²) in [6, 6.07) is 6.11. The van der Waals surface area contributed by atoms with Crippen LogP contribution in [0.15, 0.2) is 24.3 Å². The van der Waals surface area contributed by atoms with Gasteiger partial charge in [-0.1, -0.05) is 13.8 Å². The summed E-state index contributed by atoms with van der Waals surface area (Å²) in [7, 11) is 0. The van der Waals surface area contributed by atoms with Crippen LogP contribution in [0.25, 0.3) is 0 Å². The number of benzene rings is 2. The van der Waals surface area contributed by atoms with E-state index in [1.807, 2.05) is 13.8 Å². The summed E-state index contributed by atoms with van der Waals surface area (Å²) in [4.78, 5) is 0. The molecule has 0 aliphatic carbocycles. The number of phenolic OH excluding ortho intramolecular Hbond substituents is 4. The summed E-state index contributed by atoms with van der Waals surface area (Å²) in [5, 5.41) is 39.9. The molecule has 2 aromatic rings. The van der Waals surface area contributed by atoms with Gasteiger partial charge in [0, 0.05) is 29.2 Å². The fourth-order valence-electron chi connectivity index (χ4n) is 2.80. The SMILES string of the molecule is Cc1cc(C(c2cc(C)c(O)cc2O)C(C)C)c(O)cc1O. The molecule has 0 unspecified atom stereocenters. The highest BCUT2D eigenvalue weighted by Crippen LogP contribution is 2.43. The molecule has 0 spiro atoms. The minimum Gasteiger partial charge on any atom is -0.508 e. The third-order valence-electron chi connectivity index (χ3n) is 4.03. The van der Waals surface area contributed by atoms with E-state index in [0.29, 0.717) is 22.3 Å². The van der Waals surface area contributed by atoms with Crippen molar-refractivity contribution < 1.29 is 20.4 Å². The molecule has 22 heavy (non-hydrogen) atoms. The normalized spacial score (nSPS) is 11.4. The van der Waals surface area contributed by atoms with E-state index in [0.717, 1.165) is 0 Å². The third kappa shape index (κ3) is 2.82. The first-order valence-electron chi connectivity index (χ1n) is 7.27. The molecule has 0 atom stereocenters. The monoisotopic (exact) mass is 302 g/mol. The Hall–Kier alpha value is -2.36. The Morgan fingerprint density at radius 3 is 1.32 bits per heavy atom. The Labute approximate surface area is 130 Å². The molecule has 2 rings (SSSR count). The van der Waals surface area contributed by atoms with Crippen LogP contribution >= 0.6 is 0 Å². The average molecular weight is 302 g/mol. The molecule has 0 aliphatic heterocycles. The first-order valence-corrected chi connectivity index (χ1v) is 7.27. The van der Waals surface area contributed by atoms with E-state index in [-0.39, 0.29) is 34.8 Å². The van der Waals surface area contributed by atoms with Crippen molar-refractivity contribution in [3.05, 3.63) is 46.5 Å². The van der Waals surface area contributed by atoms with Crippen molar-refractivity contribution in [3.8, 4) is 23.0 Å². The van der Waals surface area contributed by atoms with Crippen LogP contribution in [0.4, 0.5) is 0 Å². The predicted molar refractivity (Wildman–Crippen MR) is 85.7 cm³/mol. The van der Waals surface area contributed by atoms with Gasteiger partial charge in [0.05, 0.1) is 0 Å². The van der Waals surface area contributed by atoms with Gasteiger partial charge in [0.1, 0.15) is 23.0 Å². The standard InChI is InChI=1S/C18H22O4/c1-9(2)18(12-5-10(3)14(19)7-16(12)21)13-6-11(4)15(20)8-17(13)22/h5-9,18-22H,1-4H3. The number of aromatic hydroxyl groups is 4. The number of phenols is 4. The first kappa shape index (κ1) is 16.0. The molecule has 0 heterocycles. The first-order chi connectivity index (χ1) is 10.2. The number of aryl methyl sites for hydroxylation is 2. The van der Waals surface area contributed by atoms with E-state index in [2.05, 4.69) is 0 Å². The van der Waals surface area contributed by atoms with E-state index in [9.17, 15) is 20.4 Å². The van der Waals surface area contributed by atoms with Gasteiger partial charge in [-0.3, -0.25) is 0 Å². The topological polar surface area (TPSA) is 80.9 Å². The van der Waals surface area contributed by atoms with E-state index >= 15 is 0 Å². The average Bonchev–Trinajstić information content (AvgIpc) is 2.41. The molecular formula is C18H22O4. The third-order valence-corrected chi connectivity index (χ3v) is 4.03. The van der Waals surface area contributed by atoms with Crippen LogP contribution in [0.2, 0.25) is 0 Å². The maximum atomic E-state index is 10.2. The van der Waals surface area contributed by atoms with Crippen molar-refractivity contribution in [2.24, 2.45) is 5.92 Å².